The van der Waals surface area contributed by atoms with Crippen LogP contribution in [0, 0.1) is 12.0 Å². The molecule has 1 saturated heterocycles. The molecule has 0 unspecified atom stereocenters. The van der Waals surface area contributed by atoms with Gasteiger partial charge in [-0.05, 0) is 44.0 Å². The zero-order chi connectivity index (χ0) is 19.4. The molecule has 0 bridgehead atoms. The Balaban J connectivity index is 2.31. The van der Waals surface area contributed by atoms with E-state index in [4.69, 9.17) is 15.1 Å². The van der Waals surface area contributed by atoms with Crippen LogP contribution in [0.2, 0.25) is 0 Å². The maximum absolute atomic E-state index is 13.0. The molecule has 142 valence electrons. The lowest BCUT2D eigenvalue weighted by molar-refractivity contribution is -0.134. The number of carbonyl (C=O) groups is 1. The summed E-state index contributed by atoms with van der Waals surface area (Å²) in [4.78, 5) is 12.1. The summed E-state index contributed by atoms with van der Waals surface area (Å²) < 4.78 is 31.7. The van der Waals surface area contributed by atoms with Crippen LogP contribution >= 0.6 is 11.8 Å². The van der Waals surface area contributed by atoms with E-state index >= 15 is 0 Å². The third-order valence-corrected chi connectivity index (χ3v) is 7.14. The first-order valence-corrected chi connectivity index (χ1v) is 10.1. The van der Waals surface area contributed by atoms with E-state index in [1.807, 2.05) is 0 Å². The quantitative estimate of drug-likeness (QED) is 0.380. The lowest BCUT2D eigenvalue weighted by atomic mass is 10.0. The Hall–Kier alpha value is -1.93. The fourth-order valence-corrected chi connectivity index (χ4v) is 5.82. The number of hydrogen-bond donors (Lipinski definition) is 3. The van der Waals surface area contributed by atoms with Gasteiger partial charge in [0.25, 0.3) is 5.91 Å². The van der Waals surface area contributed by atoms with Crippen molar-refractivity contribution in [1.82, 2.24) is 9.79 Å². The second kappa shape index (κ2) is 8.18. The minimum absolute atomic E-state index is 0.0107. The molecule has 1 aliphatic heterocycles. The standard InChI is InChI=1S/C16H20N2O6S2/c1-16(2)14(15(20)17-21)18(8-11-25-16)26(22,23)13-6-4-12(5-7-13)24-10-3-9-19/h4-7,14,19,21H,8,10-11H2,1-2H3,(H,17,20)/t14-/m0/s1. The van der Waals surface area contributed by atoms with Gasteiger partial charge in [0.15, 0.2) is 6.61 Å². The lowest BCUT2D eigenvalue weighted by Gasteiger charge is -2.43. The van der Waals surface area contributed by atoms with Crippen molar-refractivity contribution in [1.29, 1.82) is 0 Å². The molecule has 1 heterocycles. The van der Waals surface area contributed by atoms with Gasteiger partial charge in [0, 0.05) is 17.0 Å². The SMILES string of the molecule is CC1(C)SCCN(S(=O)(=O)c2ccc(OCC#CO)cc2)[C@H]1C(=O)NO. The maximum Gasteiger partial charge on any atom is 0.263 e. The van der Waals surface area contributed by atoms with E-state index in [2.05, 4.69) is 5.92 Å². The Morgan fingerprint density at radius 2 is 2.08 bits per heavy atom. The number of ether oxygens (including phenoxy) is 1. The van der Waals surface area contributed by atoms with E-state index in [0.717, 1.165) is 4.31 Å². The largest absolute Gasteiger partial charge is 0.481 e. The first-order chi connectivity index (χ1) is 12.2. The number of aliphatic hydroxyl groups is 1. The van der Waals surface area contributed by atoms with Crippen LogP contribution in [-0.2, 0) is 14.8 Å². The Morgan fingerprint density at radius 3 is 2.65 bits per heavy atom. The van der Waals surface area contributed by atoms with Crippen molar-refractivity contribution in [2.24, 2.45) is 0 Å². The second-order valence-electron chi connectivity index (χ2n) is 5.99. The summed E-state index contributed by atoms with van der Waals surface area (Å²) in [5.41, 5.74) is 1.57. The fourth-order valence-electron chi connectivity index (χ4n) is 2.71. The Labute approximate surface area is 156 Å². The van der Waals surface area contributed by atoms with E-state index in [9.17, 15) is 13.2 Å². The van der Waals surface area contributed by atoms with Crippen molar-refractivity contribution in [2.75, 3.05) is 18.9 Å². The van der Waals surface area contributed by atoms with Crippen molar-refractivity contribution in [2.45, 2.75) is 29.5 Å². The summed E-state index contributed by atoms with van der Waals surface area (Å²) in [6, 6.07) is 4.64. The molecule has 1 fully saturated rings. The van der Waals surface area contributed by atoms with E-state index in [0.29, 0.717) is 11.5 Å². The second-order valence-corrected chi connectivity index (χ2v) is 9.63. The van der Waals surface area contributed by atoms with Crippen LogP contribution < -0.4 is 10.2 Å². The van der Waals surface area contributed by atoms with E-state index in [1.165, 1.54) is 36.0 Å². The van der Waals surface area contributed by atoms with E-state index < -0.39 is 26.7 Å². The number of benzene rings is 1. The number of amides is 1. The van der Waals surface area contributed by atoms with Crippen molar-refractivity contribution in [3.05, 3.63) is 24.3 Å². The zero-order valence-corrected chi connectivity index (χ0v) is 15.9. The average molecular weight is 400 g/mol. The number of sulfonamides is 1. The Bertz CT molecular complexity index is 811. The van der Waals surface area contributed by atoms with Gasteiger partial charge in [-0.15, -0.1) is 0 Å². The third-order valence-electron chi connectivity index (χ3n) is 3.91. The Morgan fingerprint density at radius 1 is 1.42 bits per heavy atom. The molecule has 3 N–H and O–H groups in total. The van der Waals surface area contributed by atoms with E-state index in [-0.39, 0.29) is 18.0 Å². The number of thioether (sulfide) groups is 1. The molecule has 1 aromatic rings. The van der Waals surface area contributed by atoms with Gasteiger partial charge in [-0.3, -0.25) is 10.0 Å². The van der Waals surface area contributed by atoms with Crippen LogP contribution in [0.1, 0.15) is 13.8 Å². The molecule has 1 aliphatic rings. The van der Waals surface area contributed by atoms with Crippen LogP contribution in [0.15, 0.2) is 29.2 Å². The van der Waals surface area contributed by atoms with Crippen LogP contribution in [0.3, 0.4) is 0 Å². The van der Waals surface area contributed by atoms with Gasteiger partial charge in [0.2, 0.25) is 10.0 Å². The average Bonchev–Trinajstić information content (AvgIpc) is 2.61. The van der Waals surface area contributed by atoms with Gasteiger partial charge in [0.05, 0.1) is 4.90 Å². The van der Waals surface area contributed by atoms with Crippen LogP contribution in [0.4, 0.5) is 0 Å². The van der Waals surface area contributed by atoms with Crippen molar-refractivity contribution >= 4 is 27.7 Å². The fraction of sp³-hybridized carbons (Fsp3) is 0.438. The van der Waals surface area contributed by atoms with Gasteiger partial charge >= 0.3 is 0 Å². The van der Waals surface area contributed by atoms with Crippen molar-refractivity contribution < 1.29 is 28.3 Å². The molecule has 0 radical (unpaired) electrons. The molecule has 1 amide bonds. The van der Waals surface area contributed by atoms with Crippen LogP contribution in [-0.4, -0.2) is 58.6 Å². The number of rotatable bonds is 5. The highest BCUT2D eigenvalue weighted by Crippen LogP contribution is 2.38. The highest BCUT2D eigenvalue weighted by atomic mass is 32.2. The number of hydrogen-bond acceptors (Lipinski definition) is 7. The normalized spacial score (nSPS) is 19.9. The molecule has 8 nitrogen and oxygen atoms in total. The molecular formula is C16H20N2O6S2. The van der Waals surface area contributed by atoms with Crippen LogP contribution in [0.5, 0.6) is 5.75 Å². The van der Waals surface area contributed by atoms with Crippen LogP contribution in [0.25, 0.3) is 0 Å². The van der Waals surface area contributed by atoms with Gasteiger partial charge in [0.1, 0.15) is 17.9 Å². The predicted molar refractivity (Wildman–Crippen MR) is 95.8 cm³/mol. The molecule has 0 aromatic heterocycles. The molecule has 1 aromatic carbocycles. The molecule has 2 rings (SSSR count). The molecule has 0 aliphatic carbocycles. The third kappa shape index (κ3) is 4.24. The number of nitrogens with zero attached hydrogens (tertiary/aromatic N) is 1. The first kappa shape index (κ1) is 20.4. The van der Waals surface area contributed by atoms with Gasteiger partial charge in [-0.1, -0.05) is 0 Å². The monoisotopic (exact) mass is 400 g/mol. The predicted octanol–water partition coefficient (Wildman–Crippen LogP) is 0.789. The van der Waals surface area contributed by atoms with Crippen molar-refractivity contribution in [3.8, 4) is 17.8 Å². The van der Waals surface area contributed by atoms with Gasteiger partial charge < -0.3 is 9.84 Å². The molecular weight excluding hydrogens is 380 g/mol. The molecule has 0 saturated carbocycles. The molecule has 10 heteroatoms. The zero-order valence-electron chi connectivity index (χ0n) is 14.3. The minimum Gasteiger partial charge on any atom is -0.481 e. The molecule has 26 heavy (non-hydrogen) atoms. The number of aliphatic hydroxyl groups excluding tert-OH is 1. The molecule has 0 spiro atoms. The van der Waals surface area contributed by atoms with Crippen molar-refractivity contribution in [3.63, 3.8) is 0 Å². The molecule has 1 atom stereocenters. The highest BCUT2D eigenvalue weighted by molar-refractivity contribution is 8.00. The summed E-state index contributed by atoms with van der Waals surface area (Å²) in [6.45, 7) is 3.65. The minimum atomic E-state index is -3.95. The number of nitrogens with one attached hydrogen (secondary N) is 1. The lowest BCUT2D eigenvalue weighted by Crippen LogP contribution is -2.61. The highest BCUT2D eigenvalue weighted by Gasteiger charge is 2.48. The smallest absolute Gasteiger partial charge is 0.263 e. The summed E-state index contributed by atoms with van der Waals surface area (Å²) in [7, 11) is -3.95. The summed E-state index contributed by atoms with van der Waals surface area (Å²) in [5, 5.41) is 17.4. The van der Waals surface area contributed by atoms with Gasteiger partial charge in [-0.25, -0.2) is 13.9 Å². The summed E-state index contributed by atoms with van der Waals surface area (Å²) >= 11 is 1.47. The number of hydroxylamine groups is 1. The maximum atomic E-state index is 13.0. The Kier molecular flexibility index (Phi) is 6.41. The van der Waals surface area contributed by atoms with Gasteiger partial charge in [-0.2, -0.15) is 16.1 Å². The summed E-state index contributed by atoms with van der Waals surface area (Å²) in [5.74, 6) is 2.47. The van der Waals surface area contributed by atoms with E-state index in [1.54, 1.807) is 25.4 Å². The number of carbonyl (C=O) groups excluding carboxylic acids is 1. The first-order valence-electron chi connectivity index (χ1n) is 7.68. The summed E-state index contributed by atoms with van der Waals surface area (Å²) in [6.07, 6.45) is 1.71. The topological polar surface area (TPSA) is 116 Å².